The van der Waals surface area contributed by atoms with Crippen molar-refractivity contribution in [3.8, 4) is 11.4 Å². The third-order valence-electron chi connectivity index (χ3n) is 3.56. The van der Waals surface area contributed by atoms with Crippen LogP contribution in [0.3, 0.4) is 0 Å². The fourth-order valence-electron chi connectivity index (χ4n) is 2.17. The average Bonchev–Trinajstić information content (AvgIpc) is 3.25. The Balaban J connectivity index is 1.55. The fourth-order valence-corrected chi connectivity index (χ4v) is 2.30. The highest BCUT2D eigenvalue weighted by Crippen LogP contribution is 2.18. The first-order valence-electron chi connectivity index (χ1n) is 7.65. The summed E-state index contributed by atoms with van der Waals surface area (Å²) in [5.41, 5.74) is 1.89. The SMILES string of the molecule is CN=C(NCc1nc(-c2ccc(Cl)cc2)no1)NCc1ccnn1C. The second-order valence-electron chi connectivity index (χ2n) is 5.24. The van der Waals surface area contributed by atoms with E-state index < -0.39 is 0 Å². The number of aryl methyl sites for hydroxylation is 1. The van der Waals surface area contributed by atoms with E-state index >= 15 is 0 Å². The molecule has 2 heterocycles. The van der Waals surface area contributed by atoms with Crippen LogP contribution < -0.4 is 10.6 Å². The van der Waals surface area contributed by atoms with Gasteiger partial charge in [0.25, 0.3) is 0 Å². The van der Waals surface area contributed by atoms with Crippen molar-refractivity contribution in [3.63, 3.8) is 0 Å². The molecule has 0 saturated heterocycles. The molecule has 0 spiro atoms. The minimum Gasteiger partial charge on any atom is -0.351 e. The molecule has 8 nitrogen and oxygen atoms in total. The number of nitrogens with zero attached hydrogens (tertiary/aromatic N) is 5. The van der Waals surface area contributed by atoms with Crippen LogP contribution in [0.4, 0.5) is 0 Å². The van der Waals surface area contributed by atoms with Crippen LogP contribution in [-0.2, 0) is 20.1 Å². The Morgan fingerprint density at radius 2 is 1.96 bits per heavy atom. The molecule has 0 bridgehead atoms. The zero-order valence-electron chi connectivity index (χ0n) is 13.9. The zero-order valence-corrected chi connectivity index (χ0v) is 14.7. The maximum atomic E-state index is 5.88. The molecule has 0 atom stereocenters. The van der Waals surface area contributed by atoms with E-state index in [1.165, 1.54) is 0 Å². The summed E-state index contributed by atoms with van der Waals surface area (Å²) < 4.78 is 7.06. The van der Waals surface area contributed by atoms with Crippen molar-refractivity contribution in [2.24, 2.45) is 12.0 Å². The molecule has 0 radical (unpaired) electrons. The Hall–Kier alpha value is -2.87. The van der Waals surface area contributed by atoms with Gasteiger partial charge in [0.15, 0.2) is 5.96 Å². The molecule has 25 heavy (non-hydrogen) atoms. The first kappa shape index (κ1) is 17.0. The fraction of sp³-hybridized carbons (Fsp3) is 0.250. The minimum atomic E-state index is 0.367. The Morgan fingerprint density at radius 1 is 1.20 bits per heavy atom. The molecule has 1 aromatic carbocycles. The topological polar surface area (TPSA) is 93.2 Å². The van der Waals surface area contributed by atoms with Gasteiger partial charge in [-0.05, 0) is 30.3 Å². The van der Waals surface area contributed by atoms with Gasteiger partial charge in [-0.2, -0.15) is 10.1 Å². The molecule has 2 N–H and O–H groups in total. The number of hydrogen-bond acceptors (Lipinski definition) is 5. The predicted octanol–water partition coefficient (Wildman–Crippen LogP) is 1.99. The van der Waals surface area contributed by atoms with E-state index in [4.69, 9.17) is 16.1 Å². The molecule has 130 valence electrons. The van der Waals surface area contributed by atoms with E-state index in [1.807, 2.05) is 25.2 Å². The van der Waals surface area contributed by atoms with Crippen molar-refractivity contribution < 1.29 is 4.52 Å². The smallest absolute Gasteiger partial charge is 0.246 e. The maximum Gasteiger partial charge on any atom is 0.246 e. The van der Waals surface area contributed by atoms with Gasteiger partial charge >= 0.3 is 0 Å². The summed E-state index contributed by atoms with van der Waals surface area (Å²) in [6.45, 7) is 0.974. The predicted molar refractivity (Wildman–Crippen MR) is 95.0 cm³/mol. The first-order chi connectivity index (χ1) is 12.2. The second kappa shape index (κ2) is 7.80. The number of aliphatic imine (C=N–C) groups is 1. The number of hydrogen-bond donors (Lipinski definition) is 2. The molecule has 0 aliphatic carbocycles. The number of guanidine groups is 1. The summed E-state index contributed by atoms with van der Waals surface area (Å²) in [4.78, 5) is 8.53. The van der Waals surface area contributed by atoms with Crippen LogP contribution >= 0.6 is 11.6 Å². The van der Waals surface area contributed by atoms with Crippen LogP contribution in [0, 0.1) is 0 Å². The van der Waals surface area contributed by atoms with Crippen molar-refractivity contribution >= 4 is 17.6 Å². The molecule has 0 aliphatic heterocycles. The van der Waals surface area contributed by atoms with E-state index in [-0.39, 0.29) is 0 Å². The van der Waals surface area contributed by atoms with Crippen LogP contribution in [0.1, 0.15) is 11.6 Å². The van der Waals surface area contributed by atoms with E-state index in [0.29, 0.717) is 35.8 Å². The van der Waals surface area contributed by atoms with Crippen molar-refractivity contribution in [3.05, 3.63) is 53.1 Å². The molecule has 3 aromatic rings. The Morgan fingerprint density at radius 3 is 2.64 bits per heavy atom. The lowest BCUT2D eigenvalue weighted by Crippen LogP contribution is -2.36. The third kappa shape index (κ3) is 4.36. The van der Waals surface area contributed by atoms with Crippen molar-refractivity contribution in [1.29, 1.82) is 0 Å². The zero-order chi connectivity index (χ0) is 17.6. The van der Waals surface area contributed by atoms with Crippen LogP contribution in [0.2, 0.25) is 5.02 Å². The molecule has 3 rings (SSSR count). The Bertz CT molecular complexity index is 854. The quantitative estimate of drug-likeness (QED) is 0.534. The maximum absolute atomic E-state index is 5.88. The van der Waals surface area contributed by atoms with Crippen LogP contribution in [0.15, 0.2) is 46.0 Å². The van der Waals surface area contributed by atoms with Crippen LogP contribution in [0.5, 0.6) is 0 Å². The highest BCUT2D eigenvalue weighted by atomic mass is 35.5. The largest absolute Gasteiger partial charge is 0.351 e. The molecule has 0 saturated carbocycles. The van der Waals surface area contributed by atoms with Gasteiger partial charge < -0.3 is 15.2 Å². The van der Waals surface area contributed by atoms with Gasteiger partial charge in [-0.1, -0.05) is 16.8 Å². The Kier molecular flexibility index (Phi) is 5.30. The summed E-state index contributed by atoms with van der Waals surface area (Å²) in [5.74, 6) is 1.62. The number of nitrogens with one attached hydrogen (secondary N) is 2. The van der Waals surface area contributed by atoms with Gasteiger partial charge in [-0.15, -0.1) is 0 Å². The third-order valence-corrected chi connectivity index (χ3v) is 3.81. The lowest BCUT2D eigenvalue weighted by atomic mass is 10.2. The molecular weight excluding hydrogens is 342 g/mol. The summed E-state index contributed by atoms with van der Waals surface area (Å²) in [7, 11) is 3.59. The van der Waals surface area contributed by atoms with Gasteiger partial charge in [-0.3, -0.25) is 9.67 Å². The van der Waals surface area contributed by atoms with Gasteiger partial charge in [-0.25, -0.2) is 0 Å². The standard InChI is InChI=1S/C16H18ClN7O/c1-18-16(19-9-13-7-8-21-24(13)2)20-10-14-22-15(23-25-14)11-3-5-12(17)6-4-11/h3-8H,9-10H2,1-2H3,(H2,18,19,20). The number of rotatable bonds is 5. The van der Waals surface area contributed by atoms with Gasteiger partial charge in [0.2, 0.25) is 11.7 Å². The average molecular weight is 360 g/mol. The molecule has 0 fully saturated rings. The lowest BCUT2D eigenvalue weighted by molar-refractivity contribution is 0.375. The normalized spacial score (nSPS) is 11.6. The number of benzene rings is 1. The molecule has 0 aliphatic rings. The van der Waals surface area contributed by atoms with Gasteiger partial charge in [0, 0.05) is 30.9 Å². The minimum absolute atomic E-state index is 0.367. The number of halogens is 1. The summed E-state index contributed by atoms with van der Waals surface area (Å²) in [5, 5.41) is 15.1. The molecule has 2 aromatic heterocycles. The highest BCUT2D eigenvalue weighted by Gasteiger charge is 2.09. The second-order valence-corrected chi connectivity index (χ2v) is 5.68. The van der Waals surface area contributed by atoms with Crippen LogP contribution in [0.25, 0.3) is 11.4 Å². The summed E-state index contributed by atoms with van der Waals surface area (Å²) in [6.07, 6.45) is 1.75. The van der Waals surface area contributed by atoms with Gasteiger partial charge in [0.1, 0.15) is 0 Å². The molecule has 9 heteroatoms. The summed E-state index contributed by atoms with van der Waals surface area (Å²) >= 11 is 5.88. The molecule has 0 amide bonds. The number of aromatic nitrogens is 4. The van der Waals surface area contributed by atoms with E-state index in [0.717, 1.165) is 11.3 Å². The van der Waals surface area contributed by atoms with E-state index in [9.17, 15) is 0 Å². The Labute approximate surface area is 149 Å². The van der Waals surface area contributed by atoms with Crippen molar-refractivity contribution in [2.45, 2.75) is 13.1 Å². The van der Waals surface area contributed by atoms with Crippen molar-refractivity contribution in [2.75, 3.05) is 7.05 Å². The van der Waals surface area contributed by atoms with Gasteiger partial charge in [0.05, 0.1) is 18.8 Å². The summed E-state index contributed by atoms with van der Waals surface area (Å²) in [6, 6.07) is 9.21. The molecule has 0 unspecified atom stereocenters. The van der Waals surface area contributed by atoms with Crippen molar-refractivity contribution in [1.82, 2.24) is 30.6 Å². The lowest BCUT2D eigenvalue weighted by Gasteiger charge is -2.10. The monoisotopic (exact) mass is 359 g/mol. The first-order valence-corrected chi connectivity index (χ1v) is 8.03. The molecular formula is C16H18ClN7O. The van der Waals surface area contributed by atoms with E-state index in [1.54, 1.807) is 30.1 Å². The highest BCUT2D eigenvalue weighted by molar-refractivity contribution is 6.30. The van der Waals surface area contributed by atoms with E-state index in [2.05, 4.69) is 30.9 Å². The van der Waals surface area contributed by atoms with Crippen LogP contribution in [-0.4, -0.2) is 32.9 Å².